The van der Waals surface area contributed by atoms with Crippen molar-refractivity contribution < 1.29 is 14.6 Å². The van der Waals surface area contributed by atoms with Gasteiger partial charge in [0.05, 0.1) is 23.2 Å². The summed E-state index contributed by atoms with van der Waals surface area (Å²) in [6, 6.07) is 6.53. The average molecular weight is 344 g/mol. The Morgan fingerprint density at radius 3 is 2.55 bits per heavy atom. The number of aromatic hydroxyl groups is 1. The first-order chi connectivity index (χ1) is 10.5. The van der Waals surface area contributed by atoms with Gasteiger partial charge in [-0.25, -0.2) is 0 Å². The zero-order valence-electron chi connectivity index (χ0n) is 11.6. The van der Waals surface area contributed by atoms with Gasteiger partial charge in [0.25, 0.3) is 0 Å². The van der Waals surface area contributed by atoms with E-state index >= 15 is 0 Å². The number of hydrogen-bond acceptors (Lipinski definition) is 5. The van der Waals surface area contributed by atoms with Crippen LogP contribution in [0.5, 0.6) is 5.75 Å². The van der Waals surface area contributed by atoms with Crippen molar-refractivity contribution in [1.29, 1.82) is 0 Å². The Morgan fingerprint density at radius 2 is 1.91 bits per heavy atom. The Kier molecular flexibility index (Phi) is 5.85. The van der Waals surface area contributed by atoms with Crippen LogP contribution in [0.2, 0.25) is 10.0 Å². The van der Waals surface area contributed by atoms with Crippen LogP contribution in [0, 0.1) is 0 Å². The van der Waals surface area contributed by atoms with Crippen molar-refractivity contribution in [2.24, 2.45) is 0 Å². The van der Waals surface area contributed by atoms with Crippen LogP contribution < -0.4 is 5.43 Å². The smallest absolute Gasteiger partial charge is 0.226 e. The number of rotatable bonds is 6. The van der Waals surface area contributed by atoms with Gasteiger partial charge in [-0.05, 0) is 17.7 Å². The van der Waals surface area contributed by atoms with Gasteiger partial charge in [0.2, 0.25) is 5.43 Å². The Morgan fingerprint density at radius 1 is 1.14 bits per heavy atom. The van der Waals surface area contributed by atoms with E-state index < -0.39 is 11.2 Å². The van der Waals surface area contributed by atoms with E-state index in [1.807, 2.05) is 11.0 Å². The molecule has 0 spiro atoms. The molecule has 0 atom stereocenters. The topological polar surface area (TPSA) is 73.9 Å². The Labute approximate surface area is 137 Å². The summed E-state index contributed by atoms with van der Waals surface area (Å²) in [4.78, 5) is 13.3. The van der Waals surface area contributed by atoms with Crippen molar-refractivity contribution in [3.8, 4) is 5.75 Å². The number of benzene rings is 1. The fourth-order valence-electron chi connectivity index (χ4n) is 2.00. The maximum absolute atomic E-state index is 11.4. The maximum Gasteiger partial charge on any atom is 0.226 e. The van der Waals surface area contributed by atoms with Gasteiger partial charge in [0.1, 0.15) is 12.0 Å². The van der Waals surface area contributed by atoms with Crippen LogP contribution in [-0.2, 0) is 13.1 Å². The monoisotopic (exact) mass is 343 g/mol. The standard InChI is InChI=1S/C15H15Cl2NO4/c16-12-2-1-10(5-13(12)17)7-18(3-4-19)8-11-6-14(20)15(21)9-22-11/h1-2,5-6,9,19,21H,3-4,7-8H2. The van der Waals surface area contributed by atoms with Gasteiger partial charge in [-0.3, -0.25) is 9.69 Å². The van der Waals surface area contributed by atoms with Crippen LogP contribution in [0.25, 0.3) is 0 Å². The molecule has 0 unspecified atom stereocenters. The van der Waals surface area contributed by atoms with Gasteiger partial charge in [-0.2, -0.15) is 0 Å². The minimum atomic E-state index is -0.500. The first kappa shape index (κ1) is 16.8. The molecule has 0 bridgehead atoms. The van der Waals surface area contributed by atoms with Crippen LogP contribution in [0.4, 0.5) is 0 Å². The number of aliphatic hydroxyl groups is 1. The highest BCUT2D eigenvalue weighted by Gasteiger charge is 2.11. The van der Waals surface area contributed by atoms with E-state index in [1.165, 1.54) is 6.07 Å². The van der Waals surface area contributed by atoms with E-state index in [4.69, 9.17) is 32.7 Å². The first-order valence-electron chi connectivity index (χ1n) is 6.57. The summed E-state index contributed by atoms with van der Waals surface area (Å²) in [5.41, 5.74) is 0.420. The molecule has 7 heteroatoms. The van der Waals surface area contributed by atoms with Crippen molar-refractivity contribution in [3.63, 3.8) is 0 Å². The van der Waals surface area contributed by atoms with Crippen LogP contribution in [0.3, 0.4) is 0 Å². The third-order valence-electron chi connectivity index (χ3n) is 3.05. The van der Waals surface area contributed by atoms with Gasteiger partial charge in [0, 0.05) is 19.2 Å². The predicted molar refractivity (Wildman–Crippen MR) is 84.3 cm³/mol. The molecule has 0 radical (unpaired) electrons. The fourth-order valence-corrected chi connectivity index (χ4v) is 2.32. The molecule has 2 N–H and O–H groups in total. The minimum absolute atomic E-state index is 0.0381. The average Bonchev–Trinajstić information content (AvgIpc) is 2.47. The molecule has 0 aliphatic rings. The SMILES string of the molecule is O=c1cc(CN(CCO)Cc2ccc(Cl)c(Cl)c2)occ1O. The Balaban J connectivity index is 2.13. The van der Waals surface area contributed by atoms with Gasteiger partial charge in [-0.15, -0.1) is 0 Å². The second-order valence-electron chi connectivity index (χ2n) is 4.78. The van der Waals surface area contributed by atoms with Crippen LogP contribution in [-0.4, -0.2) is 28.3 Å². The second-order valence-corrected chi connectivity index (χ2v) is 5.59. The third-order valence-corrected chi connectivity index (χ3v) is 3.79. The minimum Gasteiger partial charge on any atom is -0.502 e. The van der Waals surface area contributed by atoms with Gasteiger partial charge in [-0.1, -0.05) is 29.3 Å². The molecule has 2 aromatic rings. The van der Waals surface area contributed by atoms with Gasteiger partial charge in [0.15, 0.2) is 5.75 Å². The molecule has 0 fully saturated rings. The lowest BCUT2D eigenvalue weighted by Gasteiger charge is -2.20. The van der Waals surface area contributed by atoms with Crippen molar-refractivity contribution in [3.05, 3.63) is 62.1 Å². The zero-order chi connectivity index (χ0) is 16.1. The quantitative estimate of drug-likeness (QED) is 0.843. The highest BCUT2D eigenvalue weighted by atomic mass is 35.5. The summed E-state index contributed by atoms with van der Waals surface area (Å²) in [6.45, 7) is 1.17. The molecular weight excluding hydrogens is 329 g/mol. The maximum atomic E-state index is 11.4. The molecule has 5 nitrogen and oxygen atoms in total. The Bertz CT molecular complexity index is 702. The normalized spacial score (nSPS) is 11.1. The van der Waals surface area contributed by atoms with E-state index in [1.54, 1.807) is 12.1 Å². The van der Waals surface area contributed by atoms with Crippen molar-refractivity contribution in [1.82, 2.24) is 4.90 Å². The summed E-state index contributed by atoms with van der Waals surface area (Å²) < 4.78 is 5.18. The summed E-state index contributed by atoms with van der Waals surface area (Å²) >= 11 is 11.9. The first-order valence-corrected chi connectivity index (χ1v) is 7.33. The molecule has 118 valence electrons. The predicted octanol–water partition coefficient (Wildman–Crippen LogP) is 2.65. The summed E-state index contributed by atoms with van der Waals surface area (Å²) in [5, 5.41) is 19.3. The third kappa shape index (κ3) is 4.48. The molecule has 22 heavy (non-hydrogen) atoms. The molecule has 1 aromatic carbocycles. The number of hydrogen-bond donors (Lipinski definition) is 2. The molecule has 0 aliphatic carbocycles. The zero-order valence-corrected chi connectivity index (χ0v) is 13.1. The molecule has 2 rings (SSSR count). The van der Waals surface area contributed by atoms with Crippen molar-refractivity contribution in [2.45, 2.75) is 13.1 Å². The van der Waals surface area contributed by atoms with Gasteiger partial charge >= 0.3 is 0 Å². The molecular formula is C15H15Cl2NO4. The fraction of sp³-hybridized carbons (Fsp3) is 0.267. The molecule has 0 amide bonds. The van der Waals surface area contributed by atoms with E-state index in [-0.39, 0.29) is 6.61 Å². The lowest BCUT2D eigenvalue weighted by molar-refractivity contribution is 0.173. The lowest BCUT2D eigenvalue weighted by atomic mass is 10.2. The number of halogens is 2. The van der Waals surface area contributed by atoms with Crippen LogP contribution >= 0.6 is 23.2 Å². The molecule has 1 heterocycles. The van der Waals surface area contributed by atoms with Gasteiger partial charge < -0.3 is 14.6 Å². The van der Waals surface area contributed by atoms with E-state index in [9.17, 15) is 9.90 Å². The van der Waals surface area contributed by atoms with E-state index in [0.717, 1.165) is 11.8 Å². The molecule has 0 aliphatic heterocycles. The van der Waals surface area contributed by atoms with E-state index in [0.29, 0.717) is 35.4 Å². The van der Waals surface area contributed by atoms with Crippen LogP contribution in [0.15, 0.2) is 39.7 Å². The Hall–Kier alpha value is -1.53. The summed E-state index contributed by atoms with van der Waals surface area (Å²) in [7, 11) is 0. The van der Waals surface area contributed by atoms with Crippen molar-refractivity contribution in [2.75, 3.05) is 13.2 Å². The largest absolute Gasteiger partial charge is 0.502 e. The second kappa shape index (κ2) is 7.65. The lowest BCUT2D eigenvalue weighted by Crippen LogP contribution is -2.26. The highest BCUT2D eigenvalue weighted by molar-refractivity contribution is 6.42. The molecule has 1 aromatic heterocycles. The number of nitrogens with zero attached hydrogens (tertiary/aromatic N) is 1. The number of aliphatic hydroxyl groups excluding tert-OH is 1. The summed E-state index contributed by atoms with van der Waals surface area (Å²) in [6.07, 6.45) is 1.01. The highest BCUT2D eigenvalue weighted by Crippen LogP contribution is 2.23. The van der Waals surface area contributed by atoms with E-state index in [2.05, 4.69) is 0 Å². The molecule has 0 saturated heterocycles. The van der Waals surface area contributed by atoms with Crippen molar-refractivity contribution >= 4 is 23.2 Å². The summed E-state index contributed by atoms with van der Waals surface area (Å²) in [5.74, 6) is -0.0294. The van der Waals surface area contributed by atoms with Crippen LogP contribution in [0.1, 0.15) is 11.3 Å². The molecule has 0 saturated carbocycles.